The second kappa shape index (κ2) is 5.87. The molecule has 1 fully saturated rings. The number of hydrogen-bond donors (Lipinski definition) is 1. The van der Waals surface area contributed by atoms with Crippen molar-refractivity contribution >= 4 is 5.69 Å². The zero-order valence-corrected chi connectivity index (χ0v) is 11.8. The highest BCUT2D eigenvalue weighted by atomic mass is 19.1. The van der Waals surface area contributed by atoms with Gasteiger partial charge in [0.1, 0.15) is 11.6 Å². The number of hydrogen-bond acceptors (Lipinski definition) is 2. The molecule has 1 aromatic rings. The molecule has 19 heavy (non-hydrogen) atoms. The second-order valence-corrected chi connectivity index (χ2v) is 5.66. The predicted octanol–water partition coefficient (Wildman–Crippen LogP) is 3.24. The van der Waals surface area contributed by atoms with Gasteiger partial charge in [-0.3, -0.25) is 0 Å². The maximum absolute atomic E-state index is 14.0. The molecule has 4 heteroatoms. The molecule has 1 heterocycles. The van der Waals surface area contributed by atoms with Gasteiger partial charge >= 0.3 is 0 Å². The van der Waals surface area contributed by atoms with Crippen molar-refractivity contribution in [3.8, 4) is 0 Å². The Balaban J connectivity index is 2.15. The lowest BCUT2D eigenvalue weighted by atomic mass is 10.0. The van der Waals surface area contributed by atoms with Crippen molar-refractivity contribution in [2.75, 3.05) is 18.0 Å². The molecule has 1 N–H and O–H groups in total. The minimum absolute atomic E-state index is 0.330. The summed E-state index contributed by atoms with van der Waals surface area (Å²) in [5, 5.41) is 3.47. The van der Waals surface area contributed by atoms with Gasteiger partial charge in [-0.15, -0.1) is 0 Å². The summed E-state index contributed by atoms with van der Waals surface area (Å²) >= 11 is 0. The summed E-state index contributed by atoms with van der Waals surface area (Å²) in [5.74, 6) is -0.667. The van der Waals surface area contributed by atoms with Gasteiger partial charge in [0, 0.05) is 31.2 Å². The third-order valence-corrected chi connectivity index (χ3v) is 3.56. The highest BCUT2D eigenvalue weighted by molar-refractivity contribution is 5.50. The van der Waals surface area contributed by atoms with E-state index in [1.807, 2.05) is 4.90 Å². The lowest BCUT2D eigenvalue weighted by Crippen LogP contribution is -2.48. The molecule has 1 atom stereocenters. The Morgan fingerprint density at radius 1 is 1.26 bits per heavy atom. The van der Waals surface area contributed by atoms with Crippen LogP contribution in [0.3, 0.4) is 0 Å². The number of aryl methyl sites for hydroxylation is 1. The van der Waals surface area contributed by atoms with Crippen LogP contribution in [0, 0.1) is 18.6 Å². The number of halogens is 2. The van der Waals surface area contributed by atoms with Gasteiger partial charge in [-0.1, -0.05) is 13.8 Å². The Kier molecular flexibility index (Phi) is 4.40. The Morgan fingerprint density at radius 3 is 2.68 bits per heavy atom. The molecule has 106 valence electrons. The van der Waals surface area contributed by atoms with E-state index in [0.717, 1.165) is 25.9 Å². The van der Waals surface area contributed by atoms with Crippen LogP contribution in [0.5, 0.6) is 0 Å². The first-order valence-corrected chi connectivity index (χ1v) is 6.94. The first-order chi connectivity index (χ1) is 8.97. The average Bonchev–Trinajstić information content (AvgIpc) is 2.33. The number of nitrogens with one attached hydrogen (secondary N) is 1. The molecule has 2 rings (SSSR count). The molecule has 2 nitrogen and oxygen atoms in total. The zero-order valence-electron chi connectivity index (χ0n) is 11.8. The Morgan fingerprint density at radius 2 is 2.00 bits per heavy atom. The second-order valence-electron chi connectivity index (χ2n) is 5.66. The Labute approximate surface area is 113 Å². The molecule has 0 spiro atoms. The van der Waals surface area contributed by atoms with Crippen LogP contribution in [0.15, 0.2) is 12.1 Å². The summed E-state index contributed by atoms with van der Waals surface area (Å²) in [4.78, 5) is 1.95. The van der Waals surface area contributed by atoms with Crippen molar-refractivity contribution in [2.24, 2.45) is 0 Å². The molecular formula is C15H22F2N2. The van der Waals surface area contributed by atoms with Gasteiger partial charge < -0.3 is 10.2 Å². The topological polar surface area (TPSA) is 15.3 Å². The molecule has 1 aliphatic rings. The number of rotatable bonds is 3. The fourth-order valence-electron chi connectivity index (χ4n) is 2.68. The van der Waals surface area contributed by atoms with E-state index in [9.17, 15) is 8.78 Å². The van der Waals surface area contributed by atoms with Gasteiger partial charge in [-0.05, 0) is 31.4 Å². The van der Waals surface area contributed by atoms with Crippen LogP contribution in [0.25, 0.3) is 0 Å². The smallest absolute Gasteiger partial charge is 0.146 e. The van der Waals surface area contributed by atoms with Gasteiger partial charge in [0.25, 0.3) is 0 Å². The first-order valence-electron chi connectivity index (χ1n) is 6.94. The molecule has 0 radical (unpaired) electrons. The quantitative estimate of drug-likeness (QED) is 0.905. The normalized spacial score (nSPS) is 20.1. The van der Waals surface area contributed by atoms with E-state index in [1.54, 1.807) is 6.92 Å². The highest BCUT2D eigenvalue weighted by Gasteiger charge is 2.23. The van der Waals surface area contributed by atoms with Crippen molar-refractivity contribution in [3.63, 3.8) is 0 Å². The molecule has 1 unspecified atom stereocenters. The van der Waals surface area contributed by atoms with Gasteiger partial charge in [-0.25, -0.2) is 8.78 Å². The molecule has 1 aliphatic heterocycles. The van der Waals surface area contributed by atoms with Gasteiger partial charge in [0.2, 0.25) is 0 Å². The Hall–Kier alpha value is -1.16. The number of piperidine rings is 1. The third-order valence-electron chi connectivity index (χ3n) is 3.56. The fraction of sp³-hybridized carbons (Fsp3) is 0.600. The number of nitrogens with zero attached hydrogens (tertiary/aromatic N) is 1. The average molecular weight is 268 g/mol. The molecule has 0 bridgehead atoms. The number of benzene rings is 1. The molecule has 0 saturated carbocycles. The third kappa shape index (κ3) is 3.44. The predicted molar refractivity (Wildman–Crippen MR) is 74.6 cm³/mol. The van der Waals surface area contributed by atoms with Gasteiger partial charge in [0.15, 0.2) is 0 Å². The van der Waals surface area contributed by atoms with Crippen molar-refractivity contribution in [1.82, 2.24) is 5.32 Å². The van der Waals surface area contributed by atoms with Crippen LogP contribution in [0.1, 0.15) is 32.3 Å². The molecule has 0 aliphatic carbocycles. The van der Waals surface area contributed by atoms with Crippen molar-refractivity contribution < 1.29 is 8.78 Å². The van der Waals surface area contributed by atoms with Crippen molar-refractivity contribution in [1.29, 1.82) is 0 Å². The SMILES string of the molecule is Cc1cc(F)c(N2CCCC(NC(C)C)C2)cc1F. The van der Waals surface area contributed by atoms with E-state index in [1.165, 1.54) is 12.1 Å². The minimum atomic E-state index is -0.338. The largest absolute Gasteiger partial charge is 0.368 e. The van der Waals surface area contributed by atoms with Crippen LogP contribution < -0.4 is 10.2 Å². The first kappa shape index (κ1) is 14.3. The van der Waals surface area contributed by atoms with Crippen LogP contribution in [0.4, 0.5) is 14.5 Å². The summed E-state index contributed by atoms with van der Waals surface area (Å²) in [5.41, 5.74) is 0.744. The standard InChI is InChI=1S/C15H22F2N2/c1-10(2)18-12-5-4-6-19(9-12)15-8-13(16)11(3)7-14(15)17/h7-8,10,12,18H,4-6,9H2,1-3H3. The maximum Gasteiger partial charge on any atom is 0.146 e. The van der Waals surface area contributed by atoms with E-state index >= 15 is 0 Å². The summed E-state index contributed by atoms with van der Waals surface area (Å²) in [7, 11) is 0. The monoisotopic (exact) mass is 268 g/mol. The van der Waals surface area contributed by atoms with Crippen LogP contribution >= 0.6 is 0 Å². The maximum atomic E-state index is 14.0. The molecule has 0 amide bonds. The highest BCUT2D eigenvalue weighted by Crippen LogP contribution is 2.26. The number of anilines is 1. The lowest BCUT2D eigenvalue weighted by Gasteiger charge is -2.36. The van der Waals surface area contributed by atoms with E-state index in [-0.39, 0.29) is 11.6 Å². The molecule has 1 aromatic carbocycles. The molecular weight excluding hydrogens is 246 g/mol. The van der Waals surface area contributed by atoms with Crippen LogP contribution in [-0.4, -0.2) is 25.2 Å². The summed E-state index contributed by atoms with van der Waals surface area (Å²) in [6.07, 6.45) is 2.09. The van der Waals surface area contributed by atoms with Gasteiger partial charge in [-0.2, -0.15) is 0 Å². The fourth-order valence-corrected chi connectivity index (χ4v) is 2.68. The zero-order chi connectivity index (χ0) is 14.0. The van der Waals surface area contributed by atoms with E-state index < -0.39 is 0 Å². The minimum Gasteiger partial charge on any atom is -0.368 e. The summed E-state index contributed by atoms with van der Waals surface area (Å²) in [6, 6.07) is 3.36. The molecule has 0 aromatic heterocycles. The van der Waals surface area contributed by atoms with Crippen LogP contribution in [-0.2, 0) is 0 Å². The van der Waals surface area contributed by atoms with E-state index in [0.29, 0.717) is 23.3 Å². The van der Waals surface area contributed by atoms with Crippen molar-refractivity contribution in [3.05, 3.63) is 29.3 Å². The van der Waals surface area contributed by atoms with E-state index in [2.05, 4.69) is 19.2 Å². The summed E-state index contributed by atoms with van der Waals surface area (Å²) < 4.78 is 27.6. The van der Waals surface area contributed by atoms with Gasteiger partial charge in [0.05, 0.1) is 5.69 Å². The van der Waals surface area contributed by atoms with E-state index in [4.69, 9.17) is 0 Å². The summed E-state index contributed by atoms with van der Waals surface area (Å²) in [6.45, 7) is 7.31. The molecule has 1 saturated heterocycles. The van der Waals surface area contributed by atoms with Crippen molar-refractivity contribution in [2.45, 2.75) is 45.7 Å². The van der Waals surface area contributed by atoms with Crippen LogP contribution in [0.2, 0.25) is 0 Å². The lowest BCUT2D eigenvalue weighted by molar-refractivity contribution is 0.392. The Bertz CT molecular complexity index is 446.